The number of carbonyl (C=O) groups is 2. The fraction of sp³-hybridized carbons (Fsp3) is 0.333. The maximum Gasteiger partial charge on any atom is 0.335 e. The van der Waals surface area contributed by atoms with E-state index in [1.54, 1.807) is 31.2 Å². The summed E-state index contributed by atoms with van der Waals surface area (Å²) in [6.45, 7) is 5.28. The Morgan fingerprint density at radius 2 is 2.05 bits per heavy atom. The highest BCUT2D eigenvalue weighted by molar-refractivity contribution is 6.30. The number of amides is 1. The Bertz CT molecular complexity index is 487. The zero-order valence-electron chi connectivity index (χ0n) is 11.8. The quantitative estimate of drug-likeness (QED) is 0.590. The summed E-state index contributed by atoms with van der Waals surface area (Å²) < 4.78 is 9.93. The zero-order valence-corrected chi connectivity index (χ0v) is 12.6. The number of ether oxygens (including phenoxy) is 2. The van der Waals surface area contributed by atoms with E-state index < -0.39 is 12.1 Å². The molecule has 5 nitrogen and oxygen atoms in total. The van der Waals surface area contributed by atoms with Crippen molar-refractivity contribution in [2.75, 3.05) is 13.2 Å². The third-order valence-electron chi connectivity index (χ3n) is 2.54. The van der Waals surface area contributed by atoms with Gasteiger partial charge in [-0.1, -0.05) is 29.8 Å². The minimum Gasteiger partial charge on any atom is -0.454 e. The molecule has 0 aliphatic heterocycles. The molecule has 1 rings (SSSR count). The molecule has 0 saturated heterocycles. The van der Waals surface area contributed by atoms with Gasteiger partial charge in [0.15, 0.2) is 12.7 Å². The lowest BCUT2D eigenvalue weighted by Crippen LogP contribution is -2.31. The molecule has 21 heavy (non-hydrogen) atoms. The first-order valence-corrected chi connectivity index (χ1v) is 6.81. The normalized spacial score (nSPS) is 11.5. The summed E-state index contributed by atoms with van der Waals surface area (Å²) in [7, 11) is 0. The molecule has 0 heterocycles. The van der Waals surface area contributed by atoms with E-state index >= 15 is 0 Å². The molecule has 0 aromatic heterocycles. The molecule has 0 radical (unpaired) electrons. The largest absolute Gasteiger partial charge is 0.454 e. The summed E-state index contributed by atoms with van der Waals surface area (Å²) >= 11 is 5.76. The summed E-state index contributed by atoms with van der Waals surface area (Å²) in [4.78, 5) is 23.0. The first-order chi connectivity index (χ1) is 10.0. The lowest BCUT2D eigenvalue weighted by Gasteiger charge is -2.11. The van der Waals surface area contributed by atoms with Gasteiger partial charge in [-0.2, -0.15) is 0 Å². The van der Waals surface area contributed by atoms with Gasteiger partial charge in [0.1, 0.15) is 0 Å². The predicted molar refractivity (Wildman–Crippen MR) is 79.9 cm³/mol. The van der Waals surface area contributed by atoms with Gasteiger partial charge in [-0.15, -0.1) is 6.58 Å². The van der Waals surface area contributed by atoms with Crippen molar-refractivity contribution < 1.29 is 19.1 Å². The molecule has 1 atom stereocenters. The molecule has 0 saturated carbocycles. The molecule has 1 N–H and O–H groups in total. The van der Waals surface area contributed by atoms with Crippen LogP contribution in [0.25, 0.3) is 0 Å². The van der Waals surface area contributed by atoms with Crippen LogP contribution >= 0.6 is 11.6 Å². The molecule has 0 aliphatic carbocycles. The van der Waals surface area contributed by atoms with Gasteiger partial charge in [0, 0.05) is 11.6 Å². The number of benzene rings is 1. The number of carbonyl (C=O) groups excluding carboxylic acids is 2. The Hall–Kier alpha value is -1.85. The van der Waals surface area contributed by atoms with E-state index in [1.807, 2.05) is 0 Å². The van der Waals surface area contributed by atoms with Crippen LogP contribution < -0.4 is 5.32 Å². The second kappa shape index (κ2) is 9.15. The Balaban J connectivity index is 2.26. The van der Waals surface area contributed by atoms with Gasteiger partial charge < -0.3 is 14.8 Å². The molecule has 0 bridgehead atoms. The summed E-state index contributed by atoms with van der Waals surface area (Å²) in [6, 6.07) is 7.09. The number of hydrogen-bond acceptors (Lipinski definition) is 4. The number of esters is 1. The highest BCUT2D eigenvalue weighted by Gasteiger charge is 2.15. The highest BCUT2D eigenvalue weighted by Crippen LogP contribution is 2.09. The average molecular weight is 312 g/mol. The number of halogens is 1. The number of rotatable bonds is 8. The van der Waals surface area contributed by atoms with E-state index in [2.05, 4.69) is 11.9 Å². The fourth-order valence-corrected chi connectivity index (χ4v) is 1.51. The molecule has 1 aromatic carbocycles. The van der Waals surface area contributed by atoms with Gasteiger partial charge in [0.25, 0.3) is 5.91 Å². The highest BCUT2D eigenvalue weighted by atomic mass is 35.5. The van der Waals surface area contributed by atoms with Crippen LogP contribution in [0.5, 0.6) is 0 Å². The Morgan fingerprint density at radius 3 is 2.67 bits per heavy atom. The lowest BCUT2D eigenvalue weighted by atomic mass is 10.2. The molecule has 114 valence electrons. The van der Waals surface area contributed by atoms with Gasteiger partial charge in [-0.3, -0.25) is 4.79 Å². The van der Waals surface area contributed by atoms with Crippen molar-refractivity contribution in [3.05, 3.63) is 47.5 Å². The minimum atomic E-state index is -0.730. The van der Waals surface area contributed by atoms with Crippen LogP contribution in [-0.2, 0) is 25.6 Å². The second-order valence-corrected chi connectivity index (χ2v) is 4.71. The van der Waals surface area contributed by atoms with E-state index in [0.29, 0.717) is 11.6 Å². The molecule has 6 heteroatoms. The predicted octanol–water partition coefficient (Wildman–Crippen LogP) is 2.09. The summed E-state index contributed by atoms with van der Waals surface area (Å²) in [5.74, 6) is -0.965. The van der Waals surface area contributed by atoms with Crippen LogP contribution in [0, 0.1) is 0 Å². The SMILES string of the molecule is C=CCOC(C)C(=O)OCC(=O)NCc1ccc(Cl)cc1. The van der Waals surface area contributed by atoms with E-state index in [4.69, 9.17) is 21.1 Å². The van der Waals surface area contributed by atoms with E-state index in [1.165, 1.54) is 6.08 Å². The maximum atomic E-state index is 11.6. The van der Waals surface area contributed by atoms with Crippen LogP contribution in [0.1, 0.15) is 12.5 Å². The van der Waals surface area contributed by atoms with Crippen molar-refractivity contribution in [3.63, 3.8) is 0 Å². The van der Waals surface area contributed by atoms with Crippen molar-refractivity contribution in [3.8, 4) is 0 Å². The van der Waals surface area contributed by atoms with Crippen LogP contribution in [-0.4, -0.2) is 31.2 Å². The first-order valence-electron chi connectivity index (χ1n) is 6.43. The monoisotopic (exact) mass is 311 g/mol. The van der Waals surface area contributed by atoms with Crippen LogP contribution in [0.2, 0.25) is 5.02 Å². The van der Waals surface area contributed by atoms with Crippen LogP contribution in [0.3, 0.4) is 0 Å². The zero-order chi connectivity index (χ0) is 15.7. The average Bonchev–Trinajstić information content (AvgIpc) is 2.49. The van der Waals surface area contributed by atoms with Crippen LogP contribution in [0.4, 0.5) is 0 Å². The Labute approximate surface area is 128 Å². The topological polar surface area (TPSA) is 64.6 Å². The summed E-state index contributed by atoms with van der Waals surface area (Å²) in [5, 5.41) is 3.27. The molecular weight excluding hydrogens is 294 g/mol. The van der Waals surface area contributed by atoms with E-state index in [9.17, 15) is 9.59 Å². The molecule has 1 aromatic rings. The summed E-state index contributed by atoms with van der Waals surface area (Å²) in [6.07, 6.45) is 0.801. The van der Waals surface area contributed by atoms with Crippen molar-refractivity contribution in [2.24, 2.45) is 0 Å². The Kier molecular flexibility index (Phi) is 7.50. The van der Waals surface area contributed by atoms with Crippen molar-refractivity contribution >= 4 is 23.5 Å². The summed E-state index contributed by atoms with van der Waals surface area (Å²) in [5.41, 5.74) is 0.904. The number of hydrogen-bond donors (Lipinski definition) is 1. The lowest BCUT2D eigenvalue weighted by molar-refractivity contribution is -0.158. The maximum absolute atomic E-state index is 11.6. The van der Waals surface area contributed by atoms with Crippen molar-refractivity contribution in [1.29, 1.82) is 0 Å². The standard InChI is InChI=1S/C15H18ClNO4/c1-3-8-20-11(2)15(19)21-10-14(18)17-9-12-4-6-13(16)7-5-12/h3-7,11H,1,8-10H2,2H3,(H,17,18). The second-order valence-electron chi connectivity index (χ2n) is 4.28. The van der Waals surface area contributed by atoms with Gasteiger partial charge in [0.05, 0.1) is 6.61 Å². The van der Waals surface area contributed by atoms with Gasteiger partial charge in [-0.25, -0.2) is 4.79 Å². The molecular formula is C15H18ClNO4. The van der Waals surface area contributed by atoms with Crippen molar-refractivity contribution in [2.45, 2.75) is 19.6 Å². The fourth-order valence-electron chi connectivity index (χ4n) is 1.39. The Morgan fingerprint density at radius 1 is 1.38 bits per heavy atom. The van der Waals surface area contributed by atoms with Crippen molar-refractivity contribution in [1.82, 2.24) is 5.32 Å². The van der Waals surface area contributed by atoms with Crippen LogP contribution in [0.15, 0.2) is 36.9 Å². The third-order valence-corrected chi connectivity index (χ3v) is 2.80. The first kappa shape index (κ1) is 17.2. The van der Waals surface area contributed by atoms with Gasteiger partial charge in [-0.05, 0) is 24.6 Å². The van der Waals surface area contributed by atoms with Gasteiger partial charge >= 0.3 is 5.97 Å². The molecule has 0 aliphatic rings. The minimum absolute atomic E-state index is 0.249. The smallest absolute Gasteiger partial charge is 0.335 e. The third kappa shape index (κ3) is 6.92. The van der Waals surface area contributed by atoms with E-state index in [-0.39, 0.29) is 19.1 Å². The molecule has 1 unspecified atom stereocenters. The van der Waals surface area contributed by atoms with Gasteiger partial charge in [0.2, 0.25) is 0 Å². The molecule has 1 amide bonds. The number of nitrogens with one attached hydrogen (secondary N) is 1. The molecule has 0 spiro atoms. The van der Waals surface area contributed by atoms with E-state index in [0.717, 1.165) is 5.56 Å². The molecule has 0 fully saturated rings.